The van der Waals surface area contributed by atoms with Crippen LogP contribution >= 0.6 is 22.7 Å². The maximum atomic E-state index is 12.2. The van der Waals surface area contributed by atoms with Crippen LogP contribution in [0.15, 0.2) is 34.8 Å². The molecule has 4 aromatic heterocycles. The van der Waals surface area contributed by atoms with Gasteiger partial charge in [0.05, 0.1) is 11.1 Å². The van der Waals surface area contributed by atoms with E-state index in [2.05, 4.69) is 37.7 Å². The molecule has 138 valence electrons. The Bertz CT molecular complexity index is 1170. The summed E-state index contributed by atoms with van der Waals surface area (Å²) in [6.45, 7) is 6.45. The van der Waals surface area contributed by atoms with Crippen LogP contribution in [-0.4, -0.2) is 50.4 Å². The summed E-state index contributed by atoms with van der Waals surface area (Å²) in [6, 6.07) is 3.82. The Kier molecular flexibility index (Phi) is 4.14. The zero-order valence-electron chi connectivity index (χ0n) is 14.8. The molecule has 0 amide bonds. The predicted molar refractivity (Wildman–Crippen MR) is 109 cm³/mol. The van der Waals surface area contributed by atoms with Gasteiger partial charge in [0, 0.05) is 55.2 Å². The summed E-state index contributed by atoms with van der Waals surface area (Å²) in [6.07, 6.45) is 3.43. The van der Waals surface area contributed by atoms with Gasteiger partial charge in [-0.25, -0.2) is 15.0 Å². The molecule has 9 heteroatoms. The molecule has 0 saturated carbocycles. The molecule has 0 aliphatic carbocycles. The SMILES string of the molecule is Cc1cc2c(N3CCN(Cc4cc(=O)n5ccsc5n4)CC3)ncnc2s1. The molecular formula is C18H18N6OS2. The number of nitrogens with zero attached hydrogens (tertiary/aromatic N) is 6. The molecule has 0 N–H and O–H groups in total. The Hall–Kier alpha value is -2.36. The van der Waals surface area contributed by atoms with Crippen molar-refractivity contribution in [3.63, 3.8) is 0 Å². The van der Waals surface area contributed by atoms with E-state index in [1.807, 2.05) is 5.38 Å². The monoisotopic (exact) mass is 398 g/mol. The normalized spacial score (nSPS) is 15.8. The molecular weight excluding hydrogens is 380 g/mol. The molecule has 5 rings (SSSR count). The van der Waals surface area contributed by atoms with Gasteiger partial charge in [0.25, 0.3) is 5.56 Å². The molecule has 4 aromatic rings. The van der Waals surface area contributed by atoms with E-state index in [9.17, 15) is 4.79 Å². The van der Waals surface area contributed by atoms with Crippen molar-refractivity contribution in [3.8, 4) is 0 Å². The smallest absolute Gasteiger partial charge is 0.258 e. The first-order chi connectivity index (χ1) is 13.2. The number of hydrogen-bond donors (Lipinski definition) is 0. The highest BCUT2D eigenvalue weighted by Gasteiger charge is 2.21. The van der Waals surface area contributed by atoms with Crippen molar-refractivity contribution in [1.29, 1.82) is 0 Å². The van der Waals surface area contributed by atoms with Crippen molar-refractivity contribution in [2.75, 3.05) is 31.1 Å². The summed E-state index contributed by atoms with van der Waals surface area (Å²) in [5.41, 5.74) is 0.833. The highest BCUT2D eigenvalue weighted by atomic mass is 32.1. The van der Waals surface area contributed by atoms with Crippen LogP contribution in [0, 0.1) is 6.92 Å². The van der Waals surface area contributed by atoms with E-state index in [0.29, 0.717) is 6.54 Å². The Balaban J connectivity index is 1.31. The Morgan fingerprint density at radius 3 is 2.85 bits per heavy atom. The second kappa shape index (κ2) is 6.66. The summed E-state index contributed by atoms with van der Waals surface area (Å²) in [5, 5.41) is 3.03. The van der Waals surface area contributed by atoms with Crippen LogP contribution in [-0.2, 0) is 6.54 Å². The minimum absolute atomic E-state index is 0.00825. The average molecular weight is 399 g/mol. The van der Waals surface area contributed by atoms with Crippen LogP contribution < -0.4 is 10.5 Å². The summed E-state index contributed by atoms with van der Waals surface area (Å²) in [5.74, 6) is 1.03. The van der Waals surface area contributed by atoms with Crippen molar-refractivity contribution >= 4 is 43.7 Å². The summed E-state index contributed by atoms with van der Waals surface area (Å²) < 4.78 is 1.59. The maximum Gasteiger partial charge on any atom is 0.258 e. The Labute approximate surface area is 163 Å². The molecule has 0 radical (unpaired) electrons. The first-order valence-electron chi connectivity index (χ1n) is 8.81. The quantitative estimate of drug-likeness (QED) is 0.528. The van der Waals surface area contributed by atoms with E-state index in [4.69, 9.17) is 0 Å². The second-order valence-electron chi connectivity index (χ2n) is 6.68. The number of rotatable bonds is 3. The van der Waals surface area contributed by atoms with Gasteiger partial charge in [0.1, 0.15) is 17.0 Å². The van der Waals surface area contributed by atoms with E-state index < -0.39 is 0 Å². The van der Waals surface area contributed by atoms with Crippen molar-refractivity contribution in [2.24, 2.45) is 0 Å². The number of aromatic nitrogens is 4. The van der Waals surface area contributed by atoms with Crippen LogP contribution in [0.2, 0.25) is 0 Å². The van der Waals surface area contributed by atoms with Gasteiger partial charge in [-0.2, -0.15) is 0 Å². The molecule has 5 heterocycles. The number of thiophene rings is 1. The molecule has 1 aliphatic heterocycles. The predicted octanol–water partition coefficient (Wildman–Crippen LogP) is 2.39. The number of fused-ring (bicyclic) bond motifs is 2. The largest absolute Gasteiger partial charge is 0.353 e. The highest BCUT2D eigenvalue weighted by Crippen LogP contribution is 2.30. The van der Waals surface area contributed by atoms with Gasteiger partial charge in [-0.3, -0.25) is 14.1 Å². The van der Waals surface area contributed by atoms with E-state index in [1.54, 1.807) is 34.3 Å². The van der Waals surface area contributed by atoms with Crippen molar-refractivity contribution in [2.45, 2.75) is 13.5 Å². The third-order valence-electron chi connectivity index (χ3n) is 4.85. The molecule has 0 spiro atoms. The molecule has 27 heavy (non-hydrogen) atoms. The lowest BCUT2D eigenvalue weighted by molar-refractivity contribution is 0.247. The number of anilines is 1. The van der Waals surface area contributed by atoms with E-state index in [0.717, 1.165) is 52.9 Å². The van der Waals surface area contributed by atoms with Crippen LogP contribution in [0.4, 0.5) is 5.82 Å². The lowest BCUT2D eigenvalue weighted by Crippen LogP contribution is -2.46. The molecule has 0 bridgehead atoms. The number of hydrogen-bond acceptors (Lipinski definition) is 8. The Morgan fingerprint density at radius 2 is 2.00 bits per heavy atom. The zero-order chi connectivity index (χ0) is 18.4. The van der Waals surface area contributed by atoms with Crippen molar-refractivity contribution < 1.29 is 0 Å². The zero-order valence-corrected chi connectivity index (χ0v) is 16.5. The first-order valence-corrected chi connectivity index (χ1v) is 10.5. The number of thiazole rings is 1. The van der Waals surface area contributed by atoms with Gasteiger partial charge in [-0.05, 0) is 13.0 Å². The first kappa shape index (κ1) is 16.8. The molecule has 0 atom stereocenters. The molecule has 0 aromatic carbocycles. The third kappa shape index (κ3) is 3.11. The maximum absolute atomic E-state index is 12.2. The van der Waals surface area contributed by atoms with Crippen LogP contribution in [0.5, 0.6) is 0 Å². The highest BCUT2D eigenvalue weighted by molar-refractivity contribution is 7.18. The van der Waals surface area contributed by atoms with Gasteiger partial charge in [-0.1, -0.05) is 0 Å². The molecule has 1 aliphatic rings. The van der Waals surface area contributed by atoms with Gasteiger partial charge >= 0.3 is 0 Å². The van der Waals surface area contributed by atoms with Gasteiger partial charge < -0.3 is 4.90 Å². The summed E-state index contributed by atoms with van der Waals surface area (Å²) in [7, 11) is 0. The van der Waals surface area contributed by atoms with Crippen molar-refractivity contribution in [3.05, 3.63) is 51.0 Å². The fourth-order valence-electron chi connectivity index (χ4n) is 3.53. The van der Waals surface area contributed by atoms with Gasteiger partial charge in [-0.15, -0.1) is 22.7 Å². The minimum Gasteiger partial charge on any atom is -0.353 e. The standard InChI is InChI=1S/C18H18N6OS2/c1-12-8-14-16(19-11-20-17(14)27-12)23-4-2-22(3-5-23)10-13-9-15(25)24-6-7-26-18(24)21-13/h6-9,11H,2-5,10H2,1H3. The van der Waals surface area contributed by atoms with E-state index in [1.165, 1.54) is 16.2 Å². The lowest BCUT2D eigenvalue weighted by Gasteiger charge is -2.35. The van der Waals surface area contributed by atoms with Gasteiger partial charge in [0.2, 0.25) is 0 Å². The molecule has 0 unspecified atom stereocenters. The third-order valence-corrected chi connectivity index (χ3v) is 6.56. The second-order valence-corrected chi connectivity index (χ2v) is 8.79. The summed E-state index contributed by atoms with van der Waals surface area (Å²) >= 11 is 3.20. The number of aryl methyl sites for hydroxylation is 1. The molecule has 1 saturated heterocycles. The lowest BCUT2D eigenvalue weighted by atomic mass is 10.2. The van der Waals surface area contributed by atoms with Gasteiger partial charge in [0.15, 0.2) is 4.96 Å². The molecule has 1 fully saturated rings. The van der Waals surface area contributed by atoms with Crippen LogP contribution in [0.3, 0.4) is 0 Å². The topological polar surface area (TPSA) is 66.6 Å². The Morgan fingerprint density at radius 1 is 1.15 bits per heavy atom. The van der Waals surface area contributed by atoms with Crippen molar-refractivity contribution in [1.82, 2.24) is 24.3 Å². The fraction of sp³-hybridized carbons (Fsp3) is 0.333. The molecule has 7 nitrogen and oxygen atoms in total. The van der Waals surface area contributed by atoms with Crippen LogP contribution in [0.25, 0.3) is 15.2 Å². The fourth-order valence-corrected chi connectivity index (χ4v) is 5.11. The van der Waals surface area contributed by atoms with Crippen LogP contribution in [0.1, 0.15) is 10.6 Å². The average Bonchev–Trinajstić information content (AvgIpc) is 3.28. The van der Waals surface area contributed by atoms with E-state index >= 15 is 0 Å². The number of piperazine rings is 1. The minimum atomic E-state index is -0.00825. The summed E-state index contributed by atoms with van der Waals surface area (Å²) in [4.78, 5) is 33.4. The van der Waals surface area contributed by atoms with E-state index in [-0.39, 0.29) is 5.56 Å².